The van der Waals surface area contributed by atoms with Crippen LogP contribution in [0.5, 0.6) is 0 Å². The standard InChI is InChI=1S/C13H25IN2O5/c1-13(2,3)10(16-12(18)19)9-21-7-6-20-5-4-15-11(17)8-14/h10,16H,4-9H2,1-3H3,(H,15,17)(H,18,19). The van der Waals surface area contributed by atoms with Crippen LogP contribution < -0.4 is 10.6 Å². The predicted octanol–water partition coefficient (Wildman–Crippen LogP) is 1.25. The molecule has 21 heavy (non-hydrogen) atoms. The van der Waals surface area contributed by atoms with E-state index in [2.05, 4.69) is 10.6 Å². The fourth-order valence-corrected chi connectivity index (χ4v) is 1.66. The Hall–Kier alpha value is -0.610. The zero-order valence-electron chi connectivity index (χ0n) is 12.8. The molecule has 0 spiro atoms. The topological polar surface area (TPSA) is 96.9 Å². The fourth-order valence-electron chi connectivity index (χ4n) is 1.39. The fraction of sp³-hybridized carbons (Fsp3) is 0.846. The summed E-state index contributed by atoms with van der Waals surface area (Å²) >= 11 is 1.99. The van der Waals surface area contributed by atoms with Crippen molar-refractivity contribution in [1.82, 2.24) is 10.6 Å². The predicted molar refractivity (Wildman–Crippen MR) is 87.9 cm³/mol. The maximum Gasteiger partial charge on any atom is 0.404 e. The molecule has 1 unspecified atom stereocenters. The lowest BCUT2D eigenvalue weighted by Gasteiger charge is -2.30. The molecule has 2 amide bonds. The SMILES string of the molecule is CC(C)(C)C(COCCOCCNC(=O)CI)NC(=O)O. The van der Waals surface area contributed by atoms with Crippen molar-refractivity contribution in [2.24, 2.45) is 5.41 Å². The molecule has 0 aliphatic heterocycles. The molecular weight excluding hydrogens is 391 g/mol. The Morgan fingerprint density at radius 1 is 1.19 bits per heavy atom. The van der Waals surface area contributed by atoms with Crippen LogP contribution in [0.1, 0.15) is 20.8 Å². The molecule has 0 aliphatic rings. The van der Waals surface area contributed by atoms with Crippen LogP contribution in [0.2, 0.25) is 0 Å². The number of halogens is 1. The van der Waals surface area contributed by atoms with Crippen LogP contribution in [0, 0.1) is 5.41 Å². The summed E-state index contributed by atoms with van der Waals surface area (Å²) in [7, 11) is 0. The highest BCUT2D eigenvalue weighted by Gasteiger charge is 2.26. The van der Waals surface area contributed by atoms with E-state index >= 15 is 0 Å². The van der Waals surface area contributed by atoms with Gasteiger partial charge < -0.3 is 25.2 Å². The minimum absolute atomic E-state index is 0.0109. The Labute approximate surface area is 139 Å². The average Bonchev–Trinajstić information content (AvgIpc) is 2.38. The van der Waals surface area contributed by atoms with Crippen LogP contribution in [-0.4, -0.2) is 60.5 Å². The van der Waals surface area contributed by atoms with Gasteiger partial charge in [-0.1, -0.05) is 43.4 Å². The van der Waals surface area contributed by atoms with Crippen molar-refractivity contribution >= 4 is 34.6 Å². The van der Waals surface area contributed by atoms with Crippen LogP contribution >= 0.6 is 22.6 Å². The van der Waals surface area contributed by atoms with E-state index < -0.39 is 6.09 Å². The third-order valence-electron chi connectivity index (χ3n) is 2.69. The number of alkyl halides is 1. The van der Waals surface area contributed by atoms with Gasteiger partial charge in [-0.3, -0.25) is 4.79 Å². The highest BCUT2D eigenvalue weighted by Crippen LogP contribution is 2.19. The summed E-state index contributed by atoms with van der Waals surface area (Å²) in [5, 5.41) is 13.9. The number of amides is 2. The van der Waals surface area contributed by atoms with E-state index in [9.17, 15) is 9.59 Å². The van der Waals surface area contributed by atoms with Gasteiger partial charge in [-0.05, 0) is 5.41 Å². The summed E-state index contributed by atoms with van der Waals surface area (Å²) in [5.74, 6) is -0.0109. The molecule has 0 fully saturated rings. The number of rotatable bonds is 10. The molecule has 0 aromatic carbocycles. The Morgan fingerprint density at radius 2 is 1.81 bits per heavy atom. The minimum Gasteiger partial charge on any atom is -0.465 e. The molecule has 0 bridgehead atoms. The Balaban J connectivity index is 3.67. The maximum atomic E-state index is 11.0. The van der Waals surface area contributed by atoms with Gasteiger partial charge in [0.05, 0.1) is 36.9 Å². The zero-order chi connectivity index (χ0) is 16.3. The van der Waals surface area contributed by atoms with Crippen molar-refractivity contribution in [1.29, 1.82) is 0 Å². The van der Waals surface area contributed by atoms with E-state index in [0.29, 0.717) is 37.4 Å². The van der Waals surface area contributed by atoms with Crippen molar-refractivity contribution in [2.75, 3.05) is 37.4 Å². The van der Waals surface area contributed by atoms with Crippen molar-refractivity contribution in [3.8, 4) is 0 Å². The number of hydrogen-bond donors (Lipinski definition) is 3. The van der Waals surface area contributed by atoms with Gasteiger partial charge in [-0.15, -0.1) is 0 Å². The number of nitrogens with one attached hydrogen (secondary N) is 2. The van der Waals surface area contributed by atoms with E-state index in [4.69, 9.17) is 14.6 Å². The Kier molecular flexibility index (Phi) is 10.7. The third-order valence-corrected chi connectivity index (χ3v) is 3.38. The molecular formula is C13H25IN2O5. The molecule has 0 aliphatic carbocycles. The molecule has 0 heterocycles. The lowest BCUT2D eigenvalue weighted by Crippen LogP contribution is -2.46. The second kappa shape index (κ2) is 11.0. The highest BCUT2D eigenvalue weighted by atomic mass is 127. The molecule has 0 rings (SSSR count). The number of ether oxygens (including phenoxy) is 2. The van der Waals surface area contributed by atoms with E-state index in [1.165, 1.54) is 0 Å². The minimum atomic E-state index is -1.05. The second-order valence-electron chi connectivity index (χ2n) is 5.54. The average molecular weight is 416 g/mol. The van der Waals surface area contributed by atoms with Crippen LogP contribution in [-0.2, 0) is 14.3 Å². The van der Waals surface area contributed by atoms with Gasteiger partial charge in [0.25, 0.3) is 0 Å². The van der Waals surface area contributed by atoms with E-state index in [0.717, 1.165) is 0 Å². The summed E-state index contributed by atoms with van der Waals surface area (Å²) < 4.78 is 11.2. The third kappa shape index (κ3) is 11.7. The maximum absolute atomic E-state index is 11.0. The first-order valence-electron chi connectivity index (χ1n) is 6.75. The van der Waals surface area contributed by atoms with E-state index in [1.807, 2.05) is 43.4 Å². The van der Waals surface area contributed by atoms with Gasteiger partial charge in [0, 0.05) is 6.54 Å². The lowest BCUT2D eigenvalue weighted by atomic mass is 9.87. The monoisotopic (exact) mass is 416 g/mol. The Bertz CT molecular complexity index is 320. The summed E-state index contributed by atoms with van der Waals surface area (Å²) in [6.07, 6.45) is -1.05. The van der Waals surface area contributed by atoms with Gasteiger partial charge in [-0.2, -0.15) is 0 Å². The van der Waals surface area contributed by atoms with Crippen LogP contribution in [0.15, 0.2) is 0 Å². The molecule has 8 heteroatoms. The van der Waals surface area contributed by atoms with E-state index in [1.54, 1.807) is 0 Å². The number of carboxylic acid groups (broad SMARTS) is 1. The van der Waals surface area contributed by atoms with E-state index in [-0.39, 0.29) is 17.4 Å². The molecule has 0 saturated heterocycles. The summed E-state index contributed by atoms with van der Waals surface area (Å²) in [5.41, 5.74) is -0.219. The van der Waals surface area contributed by atoms with Gasteiger partial charge >= 0.3 is 6.09 Å². The van der Waals surface area contributed by atoms with Crippen molar-refractivity contribution in [3.63, 3.8) is 0 Å². The second-order valence-corrected chi connectivity index (χ2v) is 6.30. The molecule has 3 N–H and O–H groups in total. The number of carbonyl (C=O) groups excluding carboxylic acids is 1. The normalized spacial score (nSPS) is 12.8. The van der Waals surface area contributed by atoms with Gasteiger partial charge in [0.15, 0.2) is 0 Å². The van der Waals surface area contributed by atoms with Crippen molar-refractivity contribution < 1.29 is 24.2 Å². The Morgan fingerprint density at radius 3 is 2.33 bits per heavy atom. The molecule has 124 valence electrons. The van der Waals surface area contributed by atoms with Gasteiger partial charge in [-0.25, -0.2) is 4.79 Å². The molecule has 1 atom stereocenters. The molecule has 0 radical (unpaired) electrons. The molecule has 7 nitrogen and oxygen atoms in total. The molecule has 0 saturated carbocycles. The molecule has 0 aromatic heterocycles. The zero-order valence-corrected chi connectivity index (χ0v) is 14.9. The quantitative estimate of drug-likeness (QED) is 0.283. The van der Waals surface area contributed by atoms with Crippen LogP contribution in [0.3, 0.4) is 0 Å². The number of hydrogen-bond acceptors (Lipinski definition) is 4. The first-order valence-corrected chi connectivity index (χ1v) is 8.27. The summed E-state index contributed by atoms with van der Waals surface area (Å²) in [6.45, 7) is 7.84. The van der Waals surface area contributed by atoms with Crippen LogP contribution in [0.4, 0.5) is 4.79 Å². The van der Waals surface area contributed by atoms with Gasteiger partial charge in [0.1, 0.15) is 0 Å². The lowest BCUT2D eigenvalue weighted by molar-refractivity contribution is -0.118. The van der Waals surface area contributed by atoms with Crippen LogP contribution in [0.25, 0.3) is 0 Å². The highest BCUT2D eigenvalue weighted by molar-refractivity contribution is 14.1. The molecule has 0 aromatic rings. The number of carbonyl (C=O) groups is 2. The smallest absolute Gasteiger partial charge is 0.404 e. The first kappa shape index (κ1) is 20.4. The van der Waals surface area contributed by atoms with Gasteiger partial charge in [0.2, 0.25) is 5.91 Å². The summed E-state index contributed by atoms with van der Waals surface area (Å²) in [6, 6.07) is -0.280. The summed E-state index contributed by atoms with van der Waals surface area (Å²) in [4.78, 5) is 21.7. The largest absolute Gasteiger partial charge is 0.465 e. The first-order chi connectivity index (χ1) is 9.77. The van der Waals surface area contributed by atoms with Crippen molar-refractivity contribution in [2.45, 2.75) is 26.8 Å². The van der Waals surface area contributed by atoms with Crippen molar-refractivity contribution in [3.05, 3.63) is 0 Å².